The number of hydrogen-bond donors (Lipinski definition) is 2. The van der Waals surface area contributed by atoms with Crippen molar-refractivity contribution in [2.45, 2.75) is 66.0 Å². The summed E-state index contributed by atoms with van der Waals surface area (Å²) in [6, 6.07) is 7.17. The van der Waals surface area contributed by atoms with E-state index in [1.165, 1.54) is 11.3 Å². The van der Waals surface area contributed by atoms with Crippen molar-refractivity contribution in [3.8, 4) is 11.4 Å². The number of hydrogen-bond acceptors (Lipinski definition) is 9. The van der Waals surface area contributed by atoms with Crippen molar-refractivity contribution in [1.82, 2.24) is 24.9 Å². The lowest BCUT2D eigenvalue weighted by Gasteiger charge is -2.27. The molecule has 1 fully saturated rings. The largest absolute Gasteiger partial charge is 0.345 e. The SMILES string of the molecule is Cc1nc(-c2ccccc2)n(C(=O)NN)c1C(=O)N(C(=O)c1csc(N(CC(C)C)C2CC2)n1)[C@H]([C]=O)CC(C)C. The molecule has 1 atom stereocenters. The molecule has 2 heterocycles. The molecule has 0 saturated heterocycles. The molecule has 1 aromatic carbocycles. The highest BCUT2D eigenvalue weighted by atomic mass is 32.1. The number of nitrogens with one attached hydrogen (secondary N) is 1. The molecule has 217 valence electrons. The normalized spacial score (nSPS) is 13.8. The zero-order valence-corrected chi connectivity index (χ0v) is 24.8. The maximum absolute atomic E-state index is 14.3. The first-order valence-electron chi connectivity index (χ1n) is 13.7. The lowest BCUT2D eigenvalue weighted by atomic mass is 10.0. The first-order valence-corrected chi connectivity index (χ1v) is 14.6. The van der Waals surface area contributed by atoms with E-state index < -0.39 is 23.9 Å². The van der Waals surface area contributed by atoms with Crippen LogP contribution in [0.5, 0.6) is 0 Å². The number of aryl methyl sites for hydroxylation is 1. The number of imidazole rings is 1. The predicted octanol–water partition coefficient (Wildman–Crippen LogP) is 4.18. The van der Waals surface area contributed by atoms with Crippen LogP contribution in [0.4, 0.5) is 9.93 Å². The van der Waals surface area contributed by atoms with Gasteiger partial charge in [-0.15, -0.1) is 11.3 Å². The molecule has 11 nitrogen and oxygen atoms in total. The molecule has 3 aromatic rings. The van der Waals surface area contributed by atoms with Crippen molar-refractivity contribution in [3.05, 3.63) is 52.8 Å². The first-order chi connectivity index (χ1) is 19.6. The Morgan fingerprint density at radius 2 is 1.78 bits per heavy atom. The molecule has 2 aromatic heterocycles. The van der Waals surface area contributed by atoms with E-state index in [4.69, 9.17) is 5.84 Å². The van der Waals surface area contributed by atoms with Gasteiger partial charge in [-0.2, -0.15) is 0 Å². The van der Waals surface area contributed by atoms with Crippen LogP contribution in [0.2, 0.25) is 0 Å². The Morgan fingerprint density at radius 3 is 2.34 bits per heavy atom. The van der Waals surface area contributed by atoms with Crippen molar-refractivity contribution in [2.75, 3.05) is 11.4 Å². The molecule has 0 spiro atoms. The van der Waals surface area contributed by atoms with Gasteiger partial charge in [0.05, 0.1) is 5.69 Å². The minimum atomic E-state index is -1.21. The van der Waals surface area contributed by atoms with E-state index in [2.05, 4.69) is 34.1 Å². The van der Waals surface area contributed by atoms with Crippen LogP contribution in [-0.4, -0.2) is 62.2 Å². The van der Waals surface area contributed by atoms with Crippen LogP contribution in [-0.2, 0) is 4.79 Å². The Morgan fingerprint density at radius 1 is 1.10 bits per heavy atom. The molecule has 0 aliphatic heterocycles. The van der Waals surface area contributed by atoms with Gasteiger partial charge in [-0.05, 0) is 38.0 Å². The van der Waals surface area contributed by atoms with Crippen molar-refractivity contribution >= 4 is 40.6 Å². The Balaban J connectivity index is 1.80. The summed E-state index contributed by atoms with van der Waals surface area (Å²) in [7, 11) is 0. The molecule has 1 aliphatic carbocycles. The van der Waals surface area contributed by atoms with Gasteiger partial charge in [0.2, 0.25) is 6.29 Å². The first kappa shape index (κ1) is 30.1. The smallest absolute Gasteiger partial charge is 0.342 e. The highest BCUT2D eigenvalue weighted by Crippen LogP contribution is 2.35. The van der Waals surface area contributed by atoms with E-state index >= 15 is 0 Å². The van der Waals surface area contributed by atoms with Crippen LogP contribution >= 0.6 is 11.3 Å². The molecule has 1 aliphatic rings. The Hall–Kier alpha value is -3.90. The number of thiazole rings is 1. The maximum Gasteiger partial charge on any atom is 0.342 e. The molecular weight excluding hydrogens is 542 g/mol. The highest BCUT2D eigenvalue weighted by Gasteiger charge is 2.39. The fraction of sp³-hybridized carbons (Fsp3) is 0.448. The number of nitrogens with zero attached hydrogens (tertiary/aromatic N) is 5. The van der Waals surface area contributed by atoms with Crippen LogP contribution in [0, 0.1) is 18.8 Å². The fourth-order valence-corrected chi connectivity index (χ4v) is 5.63. The third-order valence-electron chi connectivity index (χ3n) is 6.70. The molecule has 3 amide bonds. The minimum Gasteiger partial charge on any atom is -0.345 e. The van der Waals surface area contributed by atoms with Crippen LogP contribution in [0.25, 0.3) is 11.4 Å². The summed E-state index contributed by atoms with van der Waals surface area (Å²) in [5.41, 5.74) is 2.68. The van der Waals surface area contributed by atoms with E-state index in [-0.39, 0.29) is 35.2 Å². The number of hydrazine groups is 1. The number of nitrogens with two attached hydrogens (primary N) is 1. The summed E-state index contributed by atoms with van der Waals surface area (Å²) >= 11 is 1.33. The van der Waals surface area contributed by atoms with E-state index in [0.717, 1.165) is 28.9 Å². The summed E-state index contributed by atoms with van der Waals surface area (Å²) in [5, 5.41) is 2.30. The number of benzene rings is 1. The predicted molar refractivity (Wildman–Crippen MR) is 157 cm³/mol. The number of anilines is 1. The number of aromatic nitrogens is 3. The minimum absolute atomic E-state index is 0.0369. The van der Waals surface area contributed by atoms with Crippen molar-refractivity contribution < 1.29 is 19.2 Å². The summed E-state index contributed by atoms with van der Waals surface area (Å²) in [6.45, 7) is 10.4. The molecule has 0 bridgehead atoms. The number of carbonyl (C=O) groups excluding carboxylic acids is 4. The molecule has 1 saturated carbocycles. The Bertz CT molecular complexity index is 1410. The highest BCUT2D eigenvalue weighted by molar-refractivity contribution is 7.14. The van der Waals surface area contributed by atoms with Crippen LogP contribution in [0.15, 0.2) is 35.7 Å². The molecule has 1 radical (unpaired) electrons. The number of carbonyl (C=O) groups is 3. The standard InChI is InChI=1S/C29H36N7O4S/c1-17(2)13-22(15-37)35(26(38)23-16-41-29(32-23)34(14-18(3)4)21-11-12-21)27(39)24-19(5)31-25(36(24)28(40)33-30)20-9-7-6-8-10-20/h6-10,16-18,21-22H,11-14,30H2,1-5H3,(H,33,40)/t22-/m0/s1. The fourth-order valence-electron chi connectivity index (χ4n) is 4.75. The van der Waals surface area contributed by atoms with E-state index in [1.54, 1.807) is 36.6 Å². The van der Waals surface area contributed by atoms with Gasteiger partial charge in [-0.25, -0.2) is 25.2 Å². The average Bonchev–Trinajstić information content (AvgIpc) is 3.56. The summed E-state index contributed by atoms with van der Waals surface area (Å²) in [4.78, 5) is 65.7. The number of amides is 3. The van der Waals surface area contributed by atoms with Gasteiger partial charge < -0.3 is 4.90 Å². The second-order valence-electron chi connectivity index (χ2n) is 11.1. The molecule has 4 rings (SSSR count). The van der Waals surface area contributed by atoms with Gasteiger partial charge in [0.1, 0.15) is 23.3 Å². The lowest BCUT2D eigenvalue weighted by Crippen LogP contribution is -2.48. The second kappa shape index (κ2) is 12.7. The van der Waals surface area contributed by atoms with Crippen LogP contribution in [0.3, 0.4) is 0 Å². The zero-order valence-electron chi connectivity index (χ0n) is 24.0. The average molecular weight is 579 g/mol. The molecule has 3 N–H and O–H groups in total. The van der Waals surface area contributed by atoms with Gasteiger partial charge in [0.25, 0.3) is 11.8 Å². The van der Waals surface area contributed by atoms with Crippen LogP contribution < -0.4 is 16.2 Å². The number of imide groups is 1. The zero-order chi connectivity index (χ0) is 29.8. The van der Waals surface area contributed by atoms with Crippen molar-refractivity contribution in [3.63, 3.8) is 0 Å². The molecule has 0 unspecified atom stereocenters. The van der Waals surface area contributed by atoms with Crippen molar-refractivity contribution in [2.24, 2.45) is 17.7 Å². The van der Waals surface area contributed by atoms with E-state index in [0.29, 0.717) is 22.7 Å². The quantitative estimate of drug-likeness (QED) is 0.149. The van der Waals surface area contributed by atoms with Crippen molar-refractivity contribution in [1.29, 1.82) is 0 Å². The number of nitrogen functional groups attached to an aromatic ring is 1. The summed E-state index contributed by atoms with van der Waals surface area (Å²) < 4.78 is 1.04. The third kappa shape index (κ3) is 6.54. The van der Waals surface area contributed by atoms with Crippen LogP contribution in [0.1, 0.15) is 73.6 Å². The molecule has 41 heavy (non-hydrogen) atoms. The summed E-state index contributed by atoms with van der Waals surface area (Å²) in [6.07, 6.45) is 4.19. The summed E-state index contributed by atoms with van der Waals surface area (Å²) in [5.74, 6) is 4.41. The van der Waals surface area contributed by atoms with Gasteiger partial charge in [-0.1, -0.05) is 58.0 Å². The van der Waals surface area contributed by atoms with E-state index in [1.807, 2.05) is 26.2 Å². The monoisotopic (exact) mass is 578 g/mol. The van der Waals surface area contributed by atoms with Gasteiger partial charge in [0, 0.05) is 23.5 Å². The topological polar surface area (TPSA) is 144 Å². The van der Waals surface area contributed by atoms with Gasteiger partial charge in [-0.3, -0.25) is 24.7 Å². The molecular formula is C29H36N7O4S. The Labute approximate surface area is 243 Å². The number of rotatable bonds is 11. The van der Waals surface area contributed by atoms with Gasteiger partial charge >= 0.3 is 6.03 Å². The Kier molecular flexibility index (Phi) is 9.34. The lowest BCUT2D eigenvalue weighted by molar-refractivity contribution is 0.0563. The maximum atomic E-state index is 14.3. The third-order valence-corrected chi connectivity index (χ3v) is 7.58. The molecule has 12 heteroatoms. The van der Waals surface area contributed by atoms with E-state index in [9.17, 15) is 19.2 Å². The van der Waals surface area contributed by atoms with Gasteiger partial charge in [0.15, 0.2) is 5.13 Å². The second-order valence-corrected chi connectivity index (χ2v) is 11.9.